The molecule has 2 atom stereocenters. The van der Waals surface area contributed by atoms with Crippen LogP contribution in [0.15, 0.2) is 0 Å². The molecule has 4 nitrogen and oxygen atoms in total. The van der Waals surface area contributed by atoms with E-state index in [1.54, 1.807) is 6.92 Å². The molecule has 0 heterocycles. The van der Waals surface area contributed by atoms with Crippen LogP contribution in [0.5, 0.6) is 0 Å². The fraction of sp³-hybridized carbons (Fsp3) is 0.933. The second-order valence-electron chi connectivity index (χ2n) is 7.63. The molecule has 0 aromatic rings. The van der Waals surface area contributed by atoms with Crippen LogP contribution in [0.2, 0.25) is 0 Å². The second-order valence-corrected chi connectivity index (χ2v) is 9.21. The number of hydrogen-bond donors (Lipinski definition) is 0. The Hall–Kier alpha value is -0.420. The van der Waals surface area contributed by atoms with Crippen molar-refractivity contribution in [1.29, 1.82) is 0 Å². The number of hydrogen-bond acceptors (Lipinski definition) is 4. The zero-order valence-electron chi connectivity index (χ0n) is 12.4. The fourth-order valence-electron chi connectivity index (χ4n) is 5.52. The van der Waals surface area contributed by atoms with Gasteiger partial charge in [-0.3, -0.25) is 4.18 Å². The molecule has 0 aliphatic heterocycles. The van der Waals surface area contributed by atoms with Crippen molar-refractivity contribution in [3.8, 4) is 0 Å². The van der Waals surface area contributed by atoms with Gasteiger partial charge < -0.3 is 4.79 Å². The topological polar surface area (TPSA) is 60.4 Å². The van der Waals surface area contributed by atoms with Gasteiger partial charge in [-0.05, 0) is 69.1 Å². The van der Waals surface area contributed by atoms with E-state index in [0.717, 1.165) is 44.8 Å². The molecule has 2 unspecified atom stereocenters. The van der Waals surface area contributed by atoms with Gasteiger partial charge in [-0.25, -0.2) is 0 Å². The van der Waals surface area contributed by atoms with Crippen LogP contribution in [0.1, 0.15) is 58.3 Å². The minimum Gasteiger partial charge on any atom is -0.300 e. The van der Waals surface area contributed by atoms with Gasteiger partial charge in [0.25, 0.3) is 10.1 Å². The summed E-state index contributed by atoms with van der Waals surface area (Å²) in [7, 11) is -3.41. The summed E-state index contributed by atoms with van der Waals surface area (Å²) in [6.07, 6.45) is 8.82. The summed E-state index contributed by atoms with van der Waals surface area (Å²) < 4.78 is 28.8. The van der Waals surface area contributed by atoms with Crippen molar-refractivity contribution in [2.24, 2.45) is 17.3 Å². The van der Waals surface area contributed by atoms with Gasteiger partial charge in [0.15, 0.2) is 0 Å². The highest BCUT2D eigenvalue weighted by molar-refractivity contribution is 7.86. The van der Waals surface area contributed by atoms with Gasteiger partial charge in [-0.1, -0.05) is 0 Å². The first kappa shape index (κ1) is 14.5. The van der Waals surface area contributed by atoms with E-state index < -0.39 is 15.7 Å². The van der Waals surface area contributed by atoms with Crippen LogP contribution in [0.25, 0.3) is 0 Å². The molecule has 0 N–H and O–H groups in total. The normalized spacial score (nSPS) is 42.9. The molecule has 4 bridgehead atoms. The molecule has 0 amide bonds. The Labute approximate surface area is 121 Å². The first-order chi connectivity index (χ1) is 9.19. The van der Waals surface area contributed by atoms with Crippen LogP contribution in [-0.4, -0.2) is 26.1 Å². The lowest BCUT2D eigenvalue weighted by molar-refractivity contribution is -0.151. The summed E-state index contributed by atoms with van der Waals surface area (Å²) >= 11 is 0. The Bertz CT molecular complexity index is 508. The predicted molar refractivity (Wildman–Crippen MR) is 75.7 cm³/mol. The predicted octanol–water partition coefficient (Wildman–Crippen LogP) is 2.67. The highest BCUT2D eigenvalue weighted by Gasteiger charge is 2.59. The molecular formula is C15H24O4S. The van der Waals surface area contributed by atoms with Crippen molar-refractivity contribution >= 4 is 15.9 Å². The fourth-order valence-corrected chi connectivity index (χ4v) is 6.35. The molecule has 5 heteroatoms. The van der Waals surface area contributed by atoms with E-state index in [2.05, 4.69) is 0 Å². The van der Waals surface area contributed by atoms with Gasteiger partial charge in [0.05, 0.1) is 11.9 Å². The van der Waals surface area contributed by atoms with Crippen molar-refractivity contribution in [1.82, 2.24) is 0 Å². The Morgan fingerprint density at radius 1 is 1.20 bits per heavy atom. The van der Waals surface area contributed by atoms with E-state index in [1.807, 2.05) is 0 Å². The minimum atomic E-state index is -3.41. The molecule has 4 aliphatic carbocycles. The van der Waals surface area contributed by atoms with Crippen molar-refractivity contribution < 1.29 is 17.4 Å². The second kappa shape index (κ2) is 4.54. The van der Waals surface area contributed by atoms with Crippen LogP contribution in [0.4, 0.5) is 0 Å². The quantitative estimate of drug-likeness (QED) is 0.732. The van der Waals surface area contributed by atoms with Gasteiger partial charge in [0, 0.05) is 6.42 Å². The zero-order valence-corrected chi connectivity index (χ0v) is 13.2. The van der Waals surface area contributed by atoms with E-state index >= 15 is 0 Å². The molecule has 4 saturated carbocycles. The monoisotopic (exact) mass is 300 g/mol. The molecule has 4 rings (SSSR count). The number of carbonyl (C=O) groups is 1. The third-order valence-electron chi connectivity index (χ3n) is 5.46. The summed E-state index contributed by atoms with van der Waals surface area (Å²) in [6, 6.07) is 0. The Balaban J connectivity index is 1.83. The summed E-state index contributed by atoms with van der Waals surface area (Å²) in [5.74, 6) is 1.41. The standard InChI is InChI=1S/C15H24O4S/c1-11(16)3-4-14-6-12-5-13(7-14)9-15(8-12,10-14)19-20(2,17)18/h12-13H,3-10H2,1-2H3. The largest absolute Gasteiger partial charge is 0.300 e. The summed E-state index contributed by atoms with van der Waals surface area (Å²) in [4.78, 5) is 11.3. The summed E-state index contributed by atoms with van der Waals surface area (Å²) in [6.45, 7) is 1.64. The third-order valence-corrected chi connectivity index (χ3v) is 6.12. The summed E-state index contributed by atoms with van der Waals surface area (Å²) in [5.41, 5.74) is -0.311. The molecule has 4 aliphatic rings. The smallest absolute Gasteiger partial charge is 0.264 e. The molecule has 4 fully saturated rings. The molecule has 114 valence electrons. The molecule has 0 radical (unpaired) electrons. The lowest BCUT2D eigenvalue weighted by Crippen LogP contribution is -2.57. The van der Waals surface area contributed by atoms with Crippen molar-refractivity contribution in [2.75, 3.05) is 6.26 Å². The van der Waals surface area contributed by atoms with Gasteiger partial charge in [0.1, 0.15) is 5.78 Å². The number of rotatable bonds is 5. The molecule has 0 spiro atoms. The molecule has 20 heavy (non-hydrogen) atoms. The SMILES string of the molecule is CC(=O)CCC12CC3CC(C1)CC(OS(C)(=O)=O)(C3)C2. The lowest BCUT2D eigenvalue weighted by atomic mass is 9.47. The average Bonchev–Trinajstić information content (AvgIpc) is 2.21. The van der Waals surface area contributed by atoms with Crippen molar-refractivity contribution in [3.63, 3.8) is 0 Å². The Kier molecular flexibility index (Phi) is 3.29. The number of carbonyl (C=O) groups excluding carboxylic acids is 1. The minimum absolute atomic E-state index is 0.153. The van der Waals surface area contributed by atoms with E-state index in [0.29, 0.717) is 18.3 Å². The molecule has 0 saturated heterocycles. The van der Waals surface area contributed by atoms with E-state index in [9.17, 15) is 13.2 Å². The van der Waals surface area contributed by atoms with Crippen LogP contribution in [0.3, 0.4) is 0 Å². The van der Waals surface area contributed by atoms with Gasteiger partial charge in [-0.15, -0.1) is 0 Å². The lowest BCUT2D eigenvalue weighted by Gasteiger charge is -2.61. The van der Waals surface area contributed by atoms with Crippen LogP contribution >= 0.6 is 0 Å². The van der Waals surface area contributed by atoms with Crippen molar-refractivity contribution in [2.45, 2.75) is 63.9 Å². The Morgan fingerprint density at radius 3 is 2.30 bits per heavy atom. The zero-order chi connectivity index (χ0) is 14.6. The van der Waals surface area contributed by atoms with E-state index in [-0.39, 0.29) is 11.2 Å². The van der Waals surface area contributed by atoms with Crippen molar-refractivity contribution in [3.05, 3.63) is 0 Å². The molecule has 0 aromatic heterocycles. The van der Waals surface area contributed by atoms with Gasteiger partial charge in [-0.2, -0.15) is 8.42 Å². The molecule has 0 aromatic carbocycles. The molecular weight excluding hydrogens is 276 g/mol. The average molecular weight is 300 g/mol. The van der Waals surface area contributed by atoms with Crippen LogP contribution < -0.4 is 0 Å². The highest BCUT2D eigenvalue weighted by Crippen LogP contribution is 2.64. The first-order valence-electron chi connectivity index (χ1n) is 7.59. The number of Topliss-reactive ketones (excluding diaryl/α,β-unsaturated/α-hetero) is 1. The first-order valence-corrected chi connectivity index (χ1v) is 9.41. The van der Waals surface area contributed by atoms with Gasteiger partial charge >= 0.3 is 0 Å². The van der Waals surface area contributed by atoms with Crippen LogP contribution in [0, 0.1) is 17.3 Å². The maximum atomic E-state index is 11.6. The van der Waals surface area contributed by atoms with E-state index in [4.69, 9.17) is 4.18 Å². The highest BCUT2D eigenvalue weighted by atomic mass is 32.2. The van der Waals surface area contributed by atoms with Gasteiger partial charge in [0.2, 0.25) is 0 Å². The van der Waals surface area contributed by atoms with Crippen LogP contribution in [-0.2, 0) is 19.1 Å². The Morgan fingerprint density at radius 2 is 1.80 bits per heavy atom. The van der Waals surface area contributed by atoms with E-state index in [1.165, 1.54) is 6.42 Å². The maximum Gasteiger partial charge on any atom is 0.264 e. The third kappa shape index (κ3) is 2.80. The summed E-state index contributed by atoms with van der Waals surface area (Å²) in [5, 5.41) is 0. The number of ketones is 1. The maximum absolute atomic E-state index is 11.6.